The molecule has 2 heterocycles. The van der Waals surface area contributed by atoms with Crippen LogP contribution >= 0.6 is 0 Å². The summed E-state index contributed by atoms with van der Waals surface area (Å²) in [6.07, 6.45) is 4.01. The number of aliphatic hydroxyl groups is 1. The van der Waals surface area contributed by atoms with E-state index in [2.05, 4.69) is 0 Å². The molecule has 3 atom stereocenters. The minimum Gasteiger partial charge on any atom is -0.394 e. The van der Waals surface area contributed by atoms with Crippen LogP contribution in [-0.2, 0) is 9.59 Å². The van der Waals surface area contributed by atoms with E-state index in [4.69, 9.17) is 0 Å². The Hall–Kier alpha value is -3.19. The topological polar surface area (TPSA) is 81.2 Å². The van der Waals surface area contributed by atoms with Crippen molar-refractivity contribution >= 4 is 17.7 Å². The van der Waals surface area contributed by atoms with Crippen molar-refractivity contribution in [3.05, 3.63) is 59.7 Å². The largest absolute Gasteiger partial charge is 0.394 e. The van der Waals surface area contributed by atoms with Gasteiger partial charge in [-0.3, -0.25) is 14.4 Å². The van der Waals surface area contributed by atoms with Gasteiger partial charge in [0.15, 0.2) is 0 Å². The molecule has 0 radical (unpaired) electrons. The number of amides is 3. The third-order valence-corrected chi connectivity index (χ3v) is 7.91. The standard InChI is InChI=1S/C28H33N3O4/c1-29(2)27(34)22-9-5-8-21(14-22)18-10-12-19(13-11-18)26-23-15-30(28(35)20-6-3-4-7-20)16-25(33)31(23)24(26)17-32/h5,8-14,20,23-24,26,32H,3-4,6-7,15-17H2,1-2H3/t23-,24+,26+/m0/s1. The molecule has 7 heteroatoms. The summed E-state index contributed by atoms with van der Waals surface area (Å²) in [5, 5.41) is 10.1. The van der Waals surface area contributed by atoms with Gasteiger partial charge >= 0.3 is 0 Å². The molecule has 35 heavy (non-hydrogen) atoms. The molecule has 3 fully saturated rings. The second kappa shape index (κ2) is 9.46. The van der Waals surface area contributed by atoms with Crippen LogP contribution in [0.15, 0.2) is 48.5 Å². The van der Waals surface area contributed by atoms with Crippen molar-refractivity contribution in [1.82, 2.24) is 14.7 Å². The SMILES string of the molecule is CN(C)C(=O)c1cccc(-c2ccc([C@H]3[C@@H](CO)N4C(=O)CN(C(=O)C5CCCC5)C[C@@H]34)cc2)c1. The molecule has 2 aliphatic heterocycles. The summed E-state index contributed by atoms with van der Waals surface area (Å²) in [4.78, 5) is 43.4. The van der Waals surface area contributed by atoms with Crippen LogP contribution in [0, 0.1) is 5.92 Å². The Bertz CT molecular complexity index is 1120. The van der Waals surface area contributed by atoms with Gasteiger partial charge in [0.25, 0.3) is 5.91 Å². The molecule has 0 aromatic heterocycles. The number of carbonyl (C=O) groups excluding carboxylic acids is 3. The fraction of sp³-hybridized carbons (Fsp3) is 0.464. The lowest BCUT2D eigenvalue weighted by atomic mass is 9.73. The Labute approximate surface area is 206 Å². The van der Waals surface area contributed by atoms with Crippen LogP contribution in [0.5, 0.6) is 0 Å². The van der Waals surface area contributed by atoms with Crippen molar-refractivity contribution in [3.8, 4) is 11.1 Å². The summed E-state index contributed by atoms with van der Waals surface area (Å²) in [7, 11) is 3.48. The smallest absolute Gasteiger partial charge is 0.253 e. The maximum absolute atomic E-state index is 13.0. The van der Waals surface area contributed by atoms with E-state index in [0.29, 0.717) is 12.1 Å². The molecule has 7 nitrogen and oxygen atoms in total. The first-order valence-electron chi connectivity index (χ1n) is 12.5. The summed E-state index contributed by atoms with van der Waals surface area (Å²) in [5.41, 5.74) is 3.65. The highest BCUT2D eigenvalue weighted by molar-refractivity contribution is 5.95. The summed E-state index contributed by atoms with van der Waals surface area (Å²) in [6.45, 7) is 0.550. The maximum Gasteiger partial charge on any atom is 0.253 e. The Kier molecular flexibility index (Phi) is 6.36. The number of rotatable bonds is 5. The van der Waals surface area contributed by atoms with E-state index < -0.39 is 0 Å². The van der Waals surface area contributed by atoms with E-state index in [1.807, 2.05) is 48.5 Å². The zero-order valence-electron chi connectivity index (χ0n) is 20.4. The second-order valence-corrected chi connectivity index (χ2v) is 10.2. The van der Waals surface area contributed by atoms with Gasteiger partial charge in [-0.2, -0.15) is 0 Å². The molecule has 2 saturated heterocycles. The molecule has 0 bridgehead atoms. The minimum atomic E-state index is -0.261. The molecular formula is C28H33N3O4. The van der Waals surface area contributed by atoms with E-state index in [-0.39, 0.29) is 54.8 Å². The number of hydrogen-bond acceptors (Lipinski definition) is 4. The predicted molar refractivity (Wildman–Crippen MR) is 133 cm³/mol. The lowest BCUT2D eigenvalue weighted by molar-refractivity contribution is -0.168. The average molecular weight is 476 g/mol. The molecule has 2 aromatic rings. The minimum absolute atomic E-state index is 0.0150. The summed E-state index contributed by atoms with van der Waals surface area (Å²) >= 11 is 0. The first-order chi connectivity index (χ1) is 16.9. The predicted octanol–water partition coefficient (Wildman–Crippen LogP) is 2.74. The van der Waals surface area contributed by atoms with Crippen molar-refractivity contribution < 1.29 is 19.5 Å². The van der Waals surface area contributed by atoms with Crippen molar-refractivity contribution in [3.63, 3.8) is 0 Å². The van der Waals surface area contributed by atoms with E-state index in [0.717, 1.165) is 42.4 Å². The Morgan fingerprint density at radius 1 is 1.03 bits per heavy atom. The van der Waals surface area contributed by atoms with Crippen molar-refractivity contribution in [2.45, 2.75) is 43.7 Å². The third-order valence-electron chi connectivity index (χ3n) is 7.91. The molecule has 1 saturated carbocycles. The Morgan fingerprint density at radius 3 is 2.40 bits per heavy atom. The molecule has 3 amide bonds. The summed E-state index contributed by atoms with van der Waals surface area (Å²) in [5.74, 6) is 0.0448. The first kappa shape index (κ1) is 23.5. The lowest BCUT2D eigenvalue weighted by Gasteiger charge is -2.59. The van der Waals surface area contributed by atoms with E-state index in [9.17, 15) is 19.5 Å². The van der Waals surface area contributed by atoms with E-state index in [1.165, 1.54) is 0 Å². The Morgan fingerprint density at radius 2 is 1.74 bits per heavy atom. The highest BCUT2D eigenvalue weighted by Gasteiger charge is 2.54. The number of piperazine rings is 1. The van der Waals surface area contributed by atoms with Crippen LogP contribution in [0.3, 0.4) is 0 Å². The summed E-state index contributed by atoms with van der Waals surface area (Å²) in [6, 6.07) is 15.3. The van der Waals surface area contributed by atoms with Crippen LogP contribution in [0.25, 0.3) is 11.1 Å². The van der Waals surface area contributed by atoms with Crippen molar-refractivity contribution in [1.29, 1.82) is 0 Å². The molecule has 1 N–H and O–H groups in total. The van der Waals surface area contributed by atoms with Gasteiger partial charge in [0, 0.05) is 38.0 Å². The molecule has 1 aliphatic carbocycles. The third kappa shape index (κ3) is 4.22. The number of aliphatic hydroxyl groups excluding tert-OH is 1. The van der Waals surface area contributed by atoms with E-state index in [1.54, 1.807) is 28.8 Å². The fourth-order valence-corrected chi connectivity index (χ4v) is 6.09. The fourth-order valence-electron chi connectivity index (χ4n) is 6.09. The number of hydrogen-bond donors (Lipinski definition) is 1. The van der Waals surface area contributed by atoms with Gasteiger partial charge in [-0.15, -0.1) is 0 Å². The number of nitrogens with zero attached hydrogens (tertiary/aromatic N) is 3. The molecule has 3 aliphatic rings. The molecule has 5 rings (SSSR count). The summed E-state index contributed by atoms with van der Waals surface area (Å²) < 4.78 is 0. The van der Waals surface area contributed by atoms with Crippen LogP contribution in [0.4, 0.5) is 0 Å². The van der Waals surface area contributed by atoms with Gasteiger partial charge in [-0.25, -0.2) is 0 Å². The van der Waals surface area contributed by atoms with Crippen LogP contribution in [-0.4, -0.2) is 83.4 Å². The van der Waals surface area contributed by atoms with Crippen molar-refractivity contribution in [2.24, 2.45) is 5.92 Å². The van der Waals surface area contributed by atoms with Gasteiger partial charge in [-0.1, -0.05) is 49.2 Å². The lowest BCUT2D eigenvalue weighted by Crippen LogP contribution is -2.73. The quantitative estimate of drug-likeness (QED) is 0.721. The van der Waals surface area contributed by atoms with Crippen LogP contribution in [0.2, 0.25) is 0 Å². The van der Waals surface area contributed by atoms with Crippen LogP contribution in [0.1, 0.15) is 47.5 Å². The van der Waals surface area contributed by atoms with Crippen LogP contribution < -0.4 is 0 Å². The number of benzene rings is 2. The molecule has 184 valence electrons. The molecule has 2 aromatic carbocycles. The molecule has 0 spiro atoms. The maximum atomic E-state index is 13.0. The zero-order valence-corrected chi connectivity index (χ0v) is 20.4. The number of fused-ring (bicyclic) bond motifs is 1. The van der Waals surface area contributed by atoms with Gasteiger partial charge in [0.1, 0.15) is 0 Å². The zero-order chi connectivity index (χ0) is 24.7. The average Bonchev–Trinajstić information content (AvgIpc) is 3.40. The molecular weight excluding hydrogens is 442 g/mol. The first-order valence-corrected chi connectivity index (χ1v) is 12.5. The highest BCUT2D eigenvalue weighted by Crippen LogP contribution is 2.43. The second-order valence-electron chi connectivity index (χ2n) is 10.2. The van der Waals surface area contributed by atoms with Gasteiger partial charge in [0.2, 0.25) is 11.8 Å². The van der Waals surface area contributed by atoms with E-state index >= 15 is 0 Å². The normalized spacial score (nSPS) is 24.2. The molecule has 0 unspecified atom stereocenters. The Balaban J connectivity index is 1.35. The monoisotopic (exact) mass is 475 g/mol. The van der Waals surface area contributed by atoms with Gasteiger partial charge < -0.3 is 19.8 Å². The van der Waals surface area contributed by atoms with Crippen molar-refractivity contribution in [2.75, 3.05) is 33.8 Å². The van der Waals surface area contributed by atoms with Gasteiger partial charge in [-0.05, 0) is 41.7 Å². The number of carbonyl (C=O) groups is 3. The highest BCUT2D eigenvalue weighted by atomic mass is 16.3. The van der Waals surface area contributed by atoms with Gasteiger partial charge in [0.05, 0.1) is 25.2 Å².